The Bertz CT molecular complexity index is 465. The summed E-state index contributed by atoms with van der Waals surface area (Å²) < 4.78 is 45.7. The number of halogens is 4. The van der Waals surface area contributed by atoms with E-state index in [1.165, 1.54) is 26.2 Å². The van der Waals surface area contributed by atoms with Gasteiger partial charge in [-0.15, -0.1) is 13.2 Å². The molecule has 1 rings (SSSR count). The van der Waals surface area contributed by atoms with E-state index in [-0.39, 0.29) is 5.69 Å². The monoisotopic (exact) mass is 341 g/mol. The molecule has 1 aromatic rings. The Hall–Kier alpha value is -1.28. The third kappa shape index (κ3) is 5.07. The Balaban J connectivity index is 2.97. The largest absolute Gasteiger partial charge is 0.573 e. The van der Waals surface area contributed by atoms with Crippen LogP contribution in [-0.2, 0) is 9.53 Å². The molecule has 1 unspecified atom stereocenters. The molecule has 0 radical (unpaired) electrons. The molecule has 0 bridgehead atoms. The van der Waals surface area contributed by atoms with Gasteiger partial charge in [-0.25, -0.2) is 0 Å². The first-order valence-corrected chi connectivity index (χ1v) is 5.91. The van der Waals surface area contributed by atoms with Crippen LogP contribution in [0.3, 0.4) is 0 Å². The summed E-state index contributed by atoms with van der Waals surface area (Å²) in [7, 11) is 1.32. The van der Waals surface area contributed by atoms with E-state index in [2.05, 4.69) is 26.0 Å². The van der Waals surface area contributed by atoms with Gasteiger partial charge in [-0.3, -0.25) is 4.79 Å². The molecule has 8 heteroatoms. The predicted molar refractivity (Wildman–Crippen MR) is 65.9 cm³/mol. The van der Waals surface area contributed by atoms with Gasteiger partial charge < -0.3 is 14.8 Å². The molecule has 0 aromatic heterocycles. The van der Waals surface area contributed by atoms with Gasteiger partial charge in [0.1, 0.15) is 6.10 Å². The van der Waals surface area contributed by atoms with E-state index in [9.17, 15) is 18.0 Å². The zero-order valence-electron chi connectivity index (χ0n) is 10.0. The molecular formula is C11H11BrF3NO3. The van der Waals surface area contributed by atoms with E-state index in [4.69, 9.17) is 4.74 Å². The van der Waals surface area contributed by atoms with Crippen molar-refractivity contribution in [2.24, 2.45) is 0 Å². The van der Waals surface area contributed by atoms with Gasteiger partial charge in [0.25, 0.3) is 5.91 Å². The molecule has 0 aliphatic carbocycles. The van der Waals surface area contributed by atoms with Crippen molar-refractivity contribution < 1.29 is 27.4 Å². The maximum atomic E-state index is 12.2. The summed E-state index contributed by atoms with van der Waals surface area (Å²) in [6, 6.07) is 3.89. The minimum absolute atomic E-state index is 0.0885. The smallest absolute Gasteiger partial charge is 0.404 e. The van der Waals surface area contributed by atoms with Crippen LogP contribution in [0.2, 0.25) is 0 Å². The summed E-state index contributed by atoms with van der Waals surface area (Å²) in [5, 5.41) is 2.30. The first kappa shape index (κ1) is 15.8. The maximum absolute atomic E-state index is 12.2. The molecule has 0 saturated carbocycles. The summed E-state index contributed by atoms with van der Waals surface area (Å²) in [4.78, 5) is 11.6. The number of carbonyl (C=O) groups excluding carboxylic acids is 1. The normalized spacial score (nSPS) is 12.9. The van der Waals surface area contributed by atoms with E-state index in [1.807, 2.05) is 0 Å². The van der Waals surface area contributed by atoms with Gasteiger partial charge in [-0.05, 0) is 25.1 Å². The van der Waals surface area contributed by atoms with Crippen LogP contribution in [0.1, 0.15) is 6.92 Å². The Morgan fingerprint density at radius 3 is 2.58 bits per heavy atom. The molecule has 0 heterocycles. The molecule has 1 amide bonds. The highest BCUT2D eigenvalue weighted by Gasteiger charge is 2.32. The third-order valence-electron chi connectivity index (χ3n) is 2.15. The van der Waals surface area contributed by atoms with Crippen molar-refractivity contribution in [2.75, 3.05) is 12.4 Å². The highest BCUT2D eigenvalue weighted by Crippen LogP contribution is 2.33. The fourth-order valence-corrected chi connectivity index (χ4v) is 1.49. The Labute approximate surface area is 116 Å². The average molecular weight is 342 g/mol. The molecule has 0 spiro atoms. The van der Waals surface area contributed by atoms with Crippen LogP contribution in [0, 0.1) is 0 Å². The molecule has 0 aliphatic rings. The Morgan fingerprint density at radius 1 is 1.42 bits per heavy atom. The highest BCUT2D eigenvalue weighted by molar-refractivity contribution is 9.10. The maximum Gasteiger partial charge on any atom is 0.573 e. The number of carbonyl (C=O) groups is 1. The molecule has 0 aliphatic heterocycles. The van der Waals surface area contributed by atoms with Crippen molar-refractivity contribution >= 4 is 27.5 Å². The predicted octanol–water partition coefficient (Wildman–Crippen LogP) is 3.32. The summed E-state index contributed by atoms with van der Waals surface area (Å²) in [6.07, 6.45) is -5.63. The SMILES string of the molecule is COC(C)C(=O)Nc1ccc(Br)cc1OC(F)(F)F. The Morgan fingerprint density at radius 2 is 2.05 bits per heavy atom. The standard InChI is InChI=1S/C11H11BrF3NO3/c1-6(18-2)10(17)16-8-4-3-7(12)5-9(8)19-11(13,14)15/h3-6H,1-2H3,(H,16,17). The summed E-state index contributed by atoms with van der Waals surface area (Å²) in [5.41, 5.74) is -0.0885. The van der Waals surface area contributed by atoms with Crippen molar-refractivity contribution in [2.45, 2.75) is 19.4 Å². The number of hydrogen-bond acceptors (Lipinski definition) is 3. The summed E-state index contributed by atoms with van der Waals surface area (Å²) in [6.45, 7) is 1.47. The third-order valence-corrected chi connectivity index (χ3v) is 2.64. The zero-order chi connectivity index (χ0) is 14.6. The number of methoxy groups -OCH3 is 1. The molecular weight excluding hydrogens is 331 g/mol. The molecule has 0 fully saturated rings. The number of alkyl halides is 3. The van der Waals surface area contributed by atoms with Crippen molar-refractivity contribution in [3.05, 3.63) is 22.7 Å². The van der Waals surface area contributed by atoms with Crippen molar-refractivity contribution in [3.63, 3.8) is 0 Å². The Kier molecular flexibility index (Phi) is 5.19. The van der Waals surface area contributed by atoms with Crippen LogP contribution >= 0.6 is 15.9 Å². The number of benzene rings is 1. The molecule has 4 nitrogen and oxygen atoms in total. The van der Waals surface area contributed by atoms with E-state index in [1.54, 1.807) is 0 Å². The number of amides is 1. The molecule has 19 heavy (non-hydrogen) atoms. The molecule has 1 N–H and O–H groups in total. The van der Waals surface area contributed by atoms with Crippen molar-refractivity contribution in [3.8, 4) is 5.75 Å². The van der Waals surface area contributed by atoms with E-state index >= 15 is 0 Å². The second-order valence-electron chi connectivity index (χ2n) is 3.56. The topological polar surface area (TPSA) is 47.6 Å². The highest BCUT2D eigenvalue weighted by atomic mass is 79.9. The summed E-state index contributed by atoms with van der Waals surface area (Å²) in [5.74, 6) is -1.07. The fourth-order valence-electron chi connectivity index (χ4n) is 1.15. The molecule has 106 valence electrons. The molecule has 1 atom stereocenters. The molecule has 0 saturated heterocycles. The van der Waals surface area contributed by atoms with Gasteiger partial charge in [-0.2, -0.15) is 0 Å². The number of anilines is 1. The van der Waals surface area contributed by atoms with Crippen LogP contribution in [0.4, 0.5) is 18.9 Å². The van der Waals surface area contributed by atoms with Crippen LogP contribution in [0.25, 0.3) is 0 Å². The molecule has 1 aromatic carbocycles. The minimum Gasteiger partial charge on any atom is -0.404 e. The van der Waals surface area contributed by atoms with Crippen molar-refractivity contribution in [1.29, 1.82) is 0 Å². The number of ether oxygens (including phenoxy) is 2. The van der Waals surface area contributed by atoms with Gasteiger partial charge in [-0.1, -0.05) is 15.9 Å². The zero-order valence-corrected chi connectivity index (χ0v) is 11.6. The number of nitrogens with one attached hydrogen (secondary N) is 1. The van der Waals surface area contributed by atoms with Crippen LogP contribution < -0.4 is 10.1 Å². The van der Waals surface area contributed by atoms with E-state index < -0.39 is 24.1 Å². The lowest BCUT2D eigenvalue weighted by molar-refractivity contribution is -0.274. The first-order valence-electron chi connectivity index (χ1n) is 5.12. The van der Waals surface area contributed by atoms with Gasteiger partial charge in [0.05, 0.1) is 5.69 Å². The lowest BCUT2D eigenvalue weighted by Gasteiger charge is -2.16. The van der Waals surface area contributed by atoms with E-state index in [0.29, 0.717) is 4.47 Å². The summed E-state index contributed by atoms with van der Waals surface area (Å²) >= 11 is 3.03. The van der Waals surface area contributed by atoms with Gasteiger partial charge in [0.2, 0.25) is 0 Å². The fraction of sp³-hybridized carbons (Fsp3) is 0.364. The lowest BCUT2D eigenvalue weighted by Crippen LogP contribution is -2.27. The number of rotatable bonds is 4. The second-order valence-corrected chi connectivity index (χ2v) is 4.47. The van der Waals surface area contributed by atoms with Crippen LogP contribution in [-0.4, -0.2) is 25.5 Å². The van der Waals surface area contributed by atoms with Gasteiger partial charge in [0.15, 0.2) is 5.75 Å². The quantitative estimate of drug-likeness (QED) is 0.913. The van der Waals surface area contributed by atoms with Crippen LogP contribution in [0.15, 0.2) is 22.7 Å². The van der Waals surface area contributed by atoms with Crippen molar-refractivity contribution in [1.82, 2.24) is 0 Å². The van der Waals surface area contributed by atoms with Gasteiger partial charge in [0, 0.05) is 11.6 Å². The van der Waals surface area contributed by atoms with Gasteiger partial charge >= 0.3 is 6.36 Å². The van der Waals surface area contributed by atoms with E-state index in [0.717, 1.165) is 6.07 Å². The second kappa shape index (κ2) is 6.25. The van der Waals surface area contributed by atoms with Crippen LogP contribution in [0.5, 0.6) is 5.75 Å². The lowest BCUT2D eigenvalue weighted by atomic mass is 10.2. The number of hydrogen-bond donors (Lipinski definition) is 1. The minimum atomic E-state index is -4.84. The average Bonchev–Trinajstić information content (AvgIpc) is 2.29. The first-order chi connectivity index (χ1) is 8.73.